The number of esters is 1. The molecule has 2 amide bonds. The van der Waals surface area contributed by atoms with Gasteiger partial charge in [-0.3, -0.25) is 14.4 Å². The molecule has 186 valence electrons. The number of amides is 2. The highest BCUT2D eigenvalue weighted by Crippen LogP contribution is 2.68. The highest BCUT2D eigenvalue weighted by molar-refractivity contribution is 9.09. The molecule has 0 aromatic rings. The number of aliphatic hydroxyl groups excluding tert-OH is 1. The smallest absolute Gasteiger partial charge is 0.310 e. The van der Waals surface area contributed by atoms with Crippen LogP contribution in [0.1, 0.15) is 47.5 Å². The maximum absolute atomic E-state index is 14.1. The Balaban J connectivity index is 2.14. The van der Waals surface area contributed by atoms with Crippen LogP contribution in [0, 0.1) is 17.8 Å². The molecular formula is C24H37BrN2O5S. The average molecular weight is 546 g/mol. The first-order chi connectivity index (χ1) is 15.5. The Morgan fingerprint density at radius 2 is 2.06 bits per heavy atom. The van der Waals surface area contributed by atoms with Crippen LogP contribution in [0.2, 0.25) is 0 Å². The molecule has 0 saturated carbocycles. The molecule has 7 atom stereocenters. The van der Waals surface area contributed by atoms with E-state index in [0.29, 0.717) is 19.4 Å². The fourth-order valence-corrected chi connectivity index (χ4v) is 9.50. The van der Waals surface area contributed by atoms with E-state index in [1.165, 1.54) is 0 Å². The highest BCUT2D eigenvalue weighted by Gasteiger charge is 2.76. The molecule has 2 bridgehead atoms. The summed E-state index contributed by atoms with van der Waals surface area (Å²) >= 11 is 5.34. The molecule has 3 rings (SSSR count). The van der Waals surface area contributed by atoms with E-state index in [1.54, 1.807) is 34.6 Å². The number of carbonyl (C=O) groups excluding carboxylic acids is 3. The van der Waals surface area contributed by atoms with Gasteiger partial charge < -0.3 is 19.6 Å². The largest absolute Gasteiger partial charge is 0.466 e. The minimum absolute atomic E-state index is 0.000728. The van der Waals surface area contributed by atoms with E-state index in [1.807, 2.05) is 27.7 Å². The molecule has 7 nitrogen and oxygen atoms in total. The zero-order valence-electron chi connectivity index (χ0n) is 20.2. The number of thioether (sulfide) groups is 1. The Kier molecular flexibility index (Phi) is 8.27. The van der Waals surface area contributed by atoms with Gasteiger partial charge in [0.1, 0.15) is 6.04 Å². The lowest BCUT2D eigenvalue weighted by Crippen LogP contribution is -2.59. The Bertz CT molecular complexity index is 793. The topological polar surface area (TPSA) is 87.2 Å². The number of halogens is 1. The van der Waals surface area contributed by atoms with E-state index in [4.69, 9.17) is 4.74 Å². The Morgan fingerprint density at radius 3 is 2.58 bits per heavy atom. The summed E-state index contributed by atoms with van der Waals surface area (Å²) in [6.45, 7) is 13.9. The van der Waals surface area contributed by atoms with Crippen LogP contribution >= 0.6 is 27.7 Å². The number of hydrogen-bond donors (Lipinski definition) is 1. The maximum atomic E-state index is 14.1. The third-order valence-corrected chi connectivity index (χ3v) is 10.3. The summed E-state index contributed by atoms with van der Waals surface area (Å²) < 4.78 is 4.65. The Labute approximate surface area is 209 Å². The van der Waals surface area contributed by atoms with Crippen molar-refractivity contribution >= 4 is 45.5 Å². The minimum atomic E-state index is -0.747. The van der Waals surface area contributed by atoms with Crippen LogP contribution in [0.4, 0.5) is 0 Å². The standard InChI is InChI=1S/C24H37BrN2O5S/c1-7-9-26(14(5)6)22(30)20-24-11-16(25)19(33-24)17(23(31)32-8-2)18(24)21(29)27(20)15(12-28)10-13(3)4/h7,13-20,28H,1,8-12H2,2-6H3/t15-,16?,17+,18+,19+,20?,24?/m1/s1. The SMILES string of the molecule is C=CCN(C(=O)C1N([C@@H](CO)CC(C)C)C(=O)[C@@H]2[C@H](C(=O)OCC)[C@H]3SC12CC3Br)C(C)C. The van der Waals surface area contributed by atoms with Crippen molar-refractivity contribution in [2.45, 2.75) is 80.4 Å². The normalized spacial score (nSPS) is 33.5. The first-order valence-electron chi connectivity index (χ1n) is 11.9. The van der Waals surface area contributed by atoms with Crippen molar-refractivity contribution in [2.75, 3.05) is 19.8 Å². The van der Waals surface area contributed by atoms with Crippen LogP contribution < -0.4 is 0 Å². The van der Waals surface area contributed by atoms with Crippen molar-refractivity contribution in [1.29, 1.82) is 0 Å². The molecule has 0 aliphatic carbocycles. The van der Waals surface area contributed by atoms with E-state index in [2.05, 4.69) is 22.5 Å². The van der Waals surface area contributed by atoms with Gasteiger partial charge in [0, 0.05) is 22.7 Å². The van der Waals surface area contributed by atoms with Crippen LogP contribution in [-0.2, 0) is 19.1 Å². The van der Waals surface area contributed by atoms with Gasteiger partial charge in [0.25, 0.3) is 0 Å². The third-order valence-electron chi connectivity index (χ3n) is 7.10. The molecule has 3 aliphatic rings. The van der Waals surface area contributed by atoms with Gasteiger partial charge in [0.15, 0.2) is 0 Å². The van der Waals surface area contributed by atoms with E-state index in [-0.39, 0.29) is 53.0 Å². The van der Waals surface area contributed by atoms with Crippen LogP contribution in [-0.4, -0.2) is 85.4 Å². The van der Waals surface area contributed by atoms with Crippen molar-refractivity contribution in [1.82, 2.24) is 9.80 Å². The van der Waals surface area contributed by atoms with Crippen molar-refractivity contribution in [2.24, 2.45) is 17.8 Å². The number of rotatable bonds is 10. The Morgan fingerprint density at radius 1 is 1.39 bits per heavy atom. The molecule has 3 aliphatic heterocycles. The summed E-state index contributed by atoms with van der Waals surface area (Å²) in [7, 11) is 0. The molecule has 1 N–H and O–H groups in total. The molecule has 3 fully saturated rings. The Hall–Kier alpha value is -1.06. The molecule has 1 spiro atoms. The van der Waals surface area contributed by atoms with Gasteiger partial charge >= 0.3 is 5.97 Å². The molecule has 3 heterocycles. The zero-order valence-corrected chi connectivity index (χ0v) is 22.6. The molecule has 0 aromatic heterocycles. The lowest BCUT2D eigenvalue weighted by Gasteiger charge is -2.41. The number of carbonyl (C=O) groups is 3. The van der Waals surface area contributed by atoms with E-state index >= 15 is 0 Å². The molecule has 3 unspecified atom stereocenters. The zero-order chi connectivity index (χ0) is 24.7. The summed E-state index contributed by atoms with van der Waals surface area (Å²) in [5.41, 5.74) is 0. The van der Waals surface area contributed by atoms with Gasteiger partial charge in [-0.15, -0.1) is 18.3 Å². The molecule has 0 aromatic carbocycles. The average Bonchev–Trinajstić information content (AvgIpc) is 3.33. The summed E-state index contributed by atoms with van der Waals surface area (Å²) in [4.78, 5) is 44.6. The monoisotopic (exact) mass is 544 g/mol. The second-order valence-electron chi connectivity index (χ2n) is 10.0. The van der Waals surface area contributed by atoms with Crippen LogP contribution in [0.25, 0.3) is 0 Å². The third kappa shape index (κ3) is 4.38. The number of alkyl halides is 1. The fraction of sp³-hybridized carbons (Fsp3) is 0.792. The number of likely N-dealkylation sites (tertiary alicyclic amines) is 1. The molecule has 3 saturated heterocycles. The summed E-state index contributed by atoms with van der Waals surface area (Å²) in [6.07, 6.45) is 2.88. The first kappa shape index (κ1) is 26.5. The van der Waals surface area contributed by atoms with E-state index < -0.39 is 28.7 Å². The van der Waals surface area contributed by atoms with Gasteiger partial charge in [0.05, 0.1) is 35.8 Å². The van der Waals surface area contributed by atoms with Crippen LogP contribution in [0.5, 0.6) is 0 Å². The quantitative estimate of drug-likeness (QED) is 0.258. The lowest BCUT2D eigenvalue weighted by molar-refractivity contribution is -0.154. The van der Waals surface area contributed by atoms with Crippen LogP contribution in [0.15, 0.2) is 12.7 Å². The number of nitrogens with zero attached hydrogens (tertiary/aromatic N) is 2. The second-order valence-corrected chi connectivity index (χ2v) is 12.7. The van der Waals surface area contributed by atoms with Gasteiger partial charge in [-0.25, -0.2) is 0 Å². The predicted octanol–water partition coefficient (Wildman–Crippen LogP) is 2.84. The van der Waals surface area contributed by atoms with Crippen molar-refractivity contribution in [3.05, 3.63) is 12.7 Å². The van der Waals surface area contributed by atoms with Gasteiger partial charge in [-0.05, 0) is 39.5 Å². The highest BCUT2D eigenvalue weighted by atomic mass is 79.9. The van der Waals surface area contributed by atoms with Gasteiger partial charge in [-0.1, -0.05) is 35.9 Å². The first-order valence-corrected chi connectivity index (χ1v) is 13.7. The van der Waals surface area contributed by atoms with E-state index in [9.17, 15) is 19.5 Å². The van der Waals surface area contributed by atoms with Crippen molar-refractivity contribution in [3.63, 3.8) is 0 Å². The van der Waals surface area contributed by atoms with Gasteiger partial charge in [-0.2, -0.15) is 0 Å². The predicted molar refractivity (Wildman–Crippen MR) is 133 cm³/mol. The summed E-state index contributed by atoms with van der Waals surface area (Å²) in [5.74, 6) is -1.72. The van der Waals surface area contributed by atoms with E-state index in [0.717, 1.165) is 0 Å². The van der Waals surface area contributed by atoms with Gasteiger partial charge in [0.2, 0.25) is 11.8 Å². The second kappa shape index (κ2) is 10.3. The fourth-order valence-electron chi connectivity index (χ4n) is 5.92. The maximum Gasteiger partial charge on any atom is 0.310 e. The van der Waals surface area contributed by atoms with Crippen molar-refractivity contribution < 1.29 is 24.2 Å². The minimum Gasteiger partial charge on any atom is -0.466 e. The summed E-state index contributed by atoms with van der Waals surface area (Å²) in [5, 5.41) is 10.2. The van der Waals surface area contributed by atoms with Crippen LogP contribution in [0.3, 0.4) is 0 Å². The number of hydrogen-bond acceptors (Lipinski definition) is 6. The number of ether oxygens (including phenoxy) is 1. The molecule has 9 heteroatoms. The number of fused-ring (bicyclic) bond motifs is 1. The summed E-state index contributed by atoms with van der Waals surface area (Å²) in [6, 6.07) is -1.31. The number of aliphatic hydroxyl groups is 1. The van der Waals surface area contributed by atoms with Crippen molar-refractivity contribution in [3.8, 4) is 0 Å². The molecule has 0 radical (unpaired) electrons. The molecular weight excluding hydrogens is 508 g/mol. The molecule has 33 heavy (non-hydrogen) atoms. The lowest BCUT2D eigenvalue weighted by atomic mass is 9.71.